The number of nitrogens with two attached hydrogens (primary N) is 1. The Kier molecular flexibility index (Phi) is 4.78. The number of hydrogen-bond acceptors (Lipinski definition) is 3. The van der Waals surface area contributed by atoms with Crippen molar-refractivity contribution in [3.63, 3.8) is 0 Å². The summed E-state index contributed by atoms with van der Waals surface area (Å²) in [7, 11) is -3.75. The van der Waals surface area contributed by atoms with Crippen molar-refractivity contribution in [2.45, 2.75) is 24.8 Å². The highest BCUT2D eigenvalue weighted by molar-refractivity contribution is 7.89. The lowest BCUT2D eigenvalue weighted by Crippen LogP contribution is -2.46. The number of sulfonamides is 1. The van der Waals surface area contributed by atoms with Crippen LogP contribution in [-0.2, 0) is 10.0 Å². The summed E-state index contributed by atoms with van der Waals surface area (Å²) in [5.74, 6) is -0.568. The van der Waals surface area contributed by atoms with E-state index in [0.29, 0.717) is 0 Å². The minimum Gasteiger partial charge on any atom is -0.392 e. The molecule has 0 aromatic heterocycles. The van der Waals surface area contributed by atoms with Gasteiger partial charge in [-0.15, -0.1) is 0 Å². The van der Waals surface area contributed by atoms with Crippen LogP contribution in [0, 0.1) is 11.7 Å². The number of nitrogens with one attached hydrogen (secondary N) is 1. The van der Waals surface area contributed by atoms with Crippen LogP contribution < -0.4 is 10.5 Å². The molecule has 1 aromatic carbocycles. The van der Waals surface area contributed by atoms with Gasteiger partial charge < -0.3 is 5.73 Å². The van der Waals surface area contributed by atoms with Gasteiger partial charge >= 0.3 is 0 Å². The molecule has 18 heavy (non-hydrogen) atoms. The van der Waals surface area contributed by atoms with Crippen molar-refractivity contribution in [3.05, 3.63) is 30.1 Å². The largest absolute Gasteiger partial charge is 0.392 e. The van der Waals surface area contributed by atoms with Crippen LogP contribution in [0.3, 0.4) is 0 Å². The van der Waals surface area contributed by atoms with Crippen LogP contribution in [0.4, 0.5) is 4.39 Å². The van der Waals surface area contributed by atoms with E-state index in [2.05, 4.69) is 4.72 Å². The van der Waals surface area contributed by atoms with E-state index in [9.17, 15) is 12.8 Å². The van der Waals surface area contributed by atoms with Crippen LogP contribution in [0.5, 0.6) is 0 Å². The number of rotatable bonds is 5. The Morgan fingerprint density at radius 2 is 1.83 bits per heavy atom. The lowest BCUT2D eigenvalue weighted by atomic mass is 10.1. The average molecular weight is 290 g/mol. The zero-order valence-corrected chi connectivity index (χ0v) is 11.7. The van der Waals surface area contributed by atoms with Crippen molar-refractivity contribution in [3.8, 4) is 0 Å². The quantitative estimate of drug-likeness (QED) is 0.804. The maximum atomic E-state index is 12.7. The molecule has 0 aliphatic rings. The minimum absolute atomic E-state index is 0.0224. The third-order valence-corrected chi connectivity index (χ3v) is 4.09. The number of benzene rings is 1. The summed E-state index contributed by atoms with van der Waals surface area (Å²) in [4.78, 5) is 0.0569. The van der Waals surface area contributed by atoms with E-state index in [-0.39, 0.29) is 15.8 Å². The van der Waals surface area contributed by atoms with E-state index in [1.807, 2.05) is 0 Å². The van der Waals surface area contributed by atoms with Crippen LogP contribution in [0.25, 0.3) is 0 Å². The topological polar surface area (TPSA) is 72.2 Å². The van der Waals surface area contributed by atoms with E-state index in [1.165, 1.54) is 12.1 Å². The standard InChI is InChI=1S/C11H15FN2O2S2/c1-7(2)10(11(13)17)14-18(15,16)9-5-3-8(12)4-6-9/h3-7,10,14H,1-2H3,(H2,13,17). The number of thiocarbonyl (C=S) groups is 1. The molecular weight excluding hydrogens is 275 g/mol. The van der Waals surface area contributed by atoms with E-state index in [1.54, 1.807) is 13.8 Å². The minimum atomic E-state index is -3.75. The number of halogens is 1. The SMILES string of the molecule is CC(C)C(NS(=O)(=O)c1ccc(F)cc1)C(N)=S. The molecular formula is C11H15FN2O2S2. The summed E-state index contributed by atoms with van der Waals surface area (Å²) >= 11 is 4.82. The van der Waals surface area contributed by atoms with Gasteiger partial charge in [-0.3, -0.25) is 0 Å². The first-order valence-corrected chi connectivity index (χ1v) is 7.20. The normalized spacial score (nSPS) is 13.6. The maximum absolute atomic E-state index is 12.7. The lowest BCUT2D eigenvalue weighted by Gasteiger charge is -2.20. The van der Waals surface area contributed by atoms with Crippen LogP contribution in [0.1, 0.15) is 13.8 Å². The second-order valence-corrected chi connectivity index (χ2v) is 6.38. The molecule has 0 bridgehead atoms. The van der Waals surface area contributed by atoms with Crippen molar-refractivity contribution in [1.82, 2.24) is 4.72 Å². The highest BCUT2D eigenvalue weighted by Crippen LogP contribution is 2.12. The molecule has 1 rings (SSSR count). The van der Waals surface area contributed by atoms with Crippen LogP contribution in [-0.4, -0.2) is 19.4 Å². The zero-order chi connectivity index (χ0) is 13.9. The molecule has 1 aromatic rings. The van der Waals surface area contributed by atoms with Crippen LogP contribution in [0.2, 0.25) is 0 Å². The highest BCUT2D eigenvalue weighted by atomic mass is 32.2. The van der Waals surface area contributed by atoms with Crippen molar-refractivity contribution >= 4 is 27.2 Å². The summed E-state index contributed by atoms with van der Waals surface area (Å²) in [6.07, 6.45) is 0. The van der Waals surface area contributed by atoms with E-state index < -0.39 is 21.9 Å². The fourth-order valence-corrected chi connectivity index (χ4v) is 3.14. The van der Waals surface area contributed by atoms with Gasteiger partial charge in [-0.1, -0.05) is 26.1 Å². The summed E-state index contributed by atoms with van der Waals surface area (Å²) < 4.78 is 39.2. The summed E-state index contributed by atoms with van der Waals surface area (Å²) in [5, 5.41) is 0. The Bertz CT molecular complexity index is 526. The van der Waals surface area contributed by atoms with E-state index >= 15 is 0 Å². The molecule has 1 atom stereocenters. The molecule has 0 saturated heterocycles. The molecule has 100 valence electrons. The molecule has 0 heterocycles. The van der Waals surface area contributed by atoms with Crippen LogP contribution in [0.15, 0.2) is 29.2 Å². The second kappa shape index (κ2) is 5.73. The molecule has 1 unspecified atom stereocenters. The Morgan fingerprint density at radius 3 is 2.22 bits per heavy atom. The predicted molar refractivity (Wildman–Crippen MR) is 72.1 cm³/mol. The lowest BCUT2D eigenvalue weighted by molar-refractivity contribution is 0.526. The van der Waals surface area contributed by atoms with Gasteiger partial charge in [0.1, 0.15) is 5.82 Å². The third-order valence-electron chi connectivity index (χ3n) is 2.38. The van der Waals surface area contributed by atoms with E-state index in [4.69, 9.17) is 18.0 Å². The van der Waals surface area contributed by atoms with Gasteiger partial charge in [-0.25, -0.2) is 17.5 Å². The van der Waals surface area contributed by atoms with Gasteiger partial charge in [0.25, 0.3) is 0 Å². The summed E-state index contributed by atoms with van der Waals surface area (Å²) in [6, 6.07) is 3.91. The molecule has 0 aliphatic carbocycles. The fourth-order valence-electron chi connectivity index (χ4n) is 1.37. The molecule has 0 saturated carbocycles. The van der Waals surface area contributed by atoms with Gasteiger partial charge in [0.15, 0.2) is 0 Å². The van der Waals surface area contributed by atoms with Gasteiger partial charge in [0.05, 0.1) is 15.9 Å². The summed E-state index contributed by atoms with van der Waals surface area (Å²) in [6.45, 7) is 3.61. The Labute approximate surface area is 111 Å². The first-order chi connectivity index (χ1) is 8.24. The molecule has 0 spiro atoms. The van der Waals surface area contributed by atoms with E-state index in [0.717, 1.165) is 12.1 Å². The predicted octanol–water partition coefficient (Wildman–Crippen LogP) is 1.41. The molecule has 7 heteroatoms. The van der Waals surface area contributed by atoms with Crippen molar-refractivity contribution in [1.29, 1.82) is 0 Å². The van der Waals surface area contributed by atoms with Gasteiger partial charge in [0.2, 0.25) is 10.0 Å². The van der Waals surface area contributed by atoms with Gasteiger partial charge in [0, 0.05) is 0 Å². The molecule has 4 nitrogen and oxygen atoms in total. The molecule has 3 N–H and O–H groups in total. The smallest absolute Gasteiger partial charge is 0.241 e. The average Bonchev–Trinajstić information content (AvgIpc) is 2.26. The van der Waals surface area contributed by atoms with Crippen molar-refractivity contribution in [2.75, 3.05) is 0 Å². The fraction of sp³-hybridized carbons (Fsp3) is 0.364. The van der Waals surface area contributed by atoms with Crippen LogP contribution >= 0.6 is 12.2 Å². The Morgan fingerprint density at radius 1 is 1.33 bits per heavy atom. The molecule has 0 radical (unpaired) electrons. The maximum Gasteiger partial charge on any atom is 0.241 e. The van der Waals surface area contributed by atoms with Crippen molar-refractivity contribution in [2.24, 2.45) is 11.7 Å². The molecule has 0 aliphatic heterocycles. The first-order valence-electron chi connectivity index (χ1n) is 5.31. The Balaban J connectivity index is 3.01. The number of hydrogen-bond donors (Lipinski definition) is 2. The molecule has 0 fully saturated rings. The van der Waals surface area contributed by atoms with Crippen molar-refractivity contribution < 1.29 is 12.8 Å². The third kappa shape index (κ3) is 3.72. The monoisotopic (exact) mass is 290 g/mol. The zero-order valence-electron chi connectivity index (χ0n) is 10.1. The van der Waals surface area contributed by atoms with Gasteiger partial charge in [-0.05, 0) is 30.2 Å². The highest BCUT2D eigenvalue weighted by Gasteiger charge is 2.24. The summed E-state index contributed by atoms with van der Waals surface area (Å²) in [5.41, 5.74) is 5.49. The second-order valence-electron chi connectivity index (χ2n) is 4.20. The first kappa shape index (κ1) is 15.0. The van der Waals surface area contributed by atoms with Gasteiger partial charge in [-0.2, -0.15) is 0 Å². The molecule has 0 amide bonds. The Hall–Kier alpha value is -1.05.